The molecule has 0 aliphatic carbocycles. The van der Waals surface area contributed by atoms with Gasteiger partial charge in [-0.15, -0.1) is 13.2 Å². The van der Waals surface area contributed by atoms with Crippen molar-refractivity contribution in [2.45, 2.75) is 13.3 Å². The molecule has 2 aromatic rings. The van der Waals surface area contributed by atoms with E-state index in [1.807, 2.05) is 6.07 Å². The van der Waals surface area contributed by atoms with Crippen LogP contribution in [0.3, 0.4) is 0 Å². The van der Waals surface area contributed by atoms with Gasteiger partial charge in [0.05, 0.1) is 0 Å². The number of para-hydroxylation sites is 1. The van der Waals surface area contributed by atoms with Crippen molar-refractivity contribution in [2.75, 3.05) is 5.32 Å². The van der Waals surface area contributed by atoms with Gasteiger partial charge in [-0.3, -0.25) is 5.32 Å². The third-order valence-electron chi connectivity index (χ3n) is 2.28. The maximum atomic E-state index is 11.6. The predicted octanol–water partition coefficient (Wildman–Crippen LogP) is 4.67. The van der Waals surface area contributed by atoms with Crippen molar-refractivity contribution in [3.05, 3.63) is 60.2 Å². The first-order valence-corrected chi connectivity index (χ1v) is 6.13. The van der Waals surface area contributed by atoms with E-state index in [2.05, 4.69) is 10.1 Å². The number of hydrogen-bond donors (Lipinski definition) is 2. The summed E-state index contributed by atoms with van der Waals surface area (Å²) >= 11 is 0. The zero-order valence-electron chi connectivity index (χ0n) is 11.6. The van der Waals surface area contributed by atoms with Crippen molar-refractivity contribution in [1.82, 2.24) is 0 Å². The van der Waals surface area contributed by atoms with Crippen LogP contribution >= 0.6 is 0 Å². The molecule has 22 heavy (non-hydrogen) atoms. The van der Waals surface area contributed by atoms with Gasteiger partial charge in [0.25, 0.3) is 0 Å². The van der Waals surface area contributed by atoms with Crippen LogP contribution in [0.25, 0.3) is 0 Å². The number of hydrogen-bond acceptors (Lipinski definition) is 2. The normalized spacial score (nSPS) is 10.2. The Morgan fingerprint density at radius 1 is 1.05 bits per heavy atom. The highest BCUT2D eigenvalue weighted by Gasteiger charge is 2.30. The zero-order chi connectivity index (χ0) is 16.6. The number of anilines is 1. The molecule has 0 aliphatic heterocycles. The number of aryl methyl sites for hydroxylation is 1. The number of benzene rings is 2. The molecule has 2 rings (SSSR count). The molecule has 2 aromatic carbocycles. The number of amides is 1. The van der Waals surface area contributed by atoms with E-state index in [0.717, 1.165) is 5.56 Å². The third-order valence-corrected chi connectivity index (χ3v) is 2.28. The Morgan fingerprint density at radius 2 is 1.59 bits per heavy atom. The Morgan fingerprint density at radius 3 is 2.05 bits per heavy atom. The van der Waals surface area contributed by atoms with Crippen LogP contribution in [-0.2, 0) is 0 Å². The van der Waals surface area contributed by atoms with E-state index in [1.54, 1.807) is 43.3 Å². The van der Waals surface area contributed by atoms with Gasteiger partial charge in [-0.1, -0.05) is 35.9 Å². The van der Waals surface area contributed by atoms with Gasteiger partial charge in [0.2, 0.25) is 0 Å². The van der Waals surface area contributed by atoms with E-state index < -0.39 is 12.5 Å². The molecule has 2 N–H and O–H groups in total. The molecule has 0 unspecified atom stereocenters. The number of halogens is 3. The Kier molecular flexibility index (Phi) is 6.25. The lowest BCUT2D eigenvalue weighted by atomic mass is 10.2. The highest BCUT2D eigenvalue weighted by Crippen LogP contribution is 2.22. The van der Waals surface area contributed by atoms with Gasteiger partial charge in [0.1, 0.15) is 5.75 Å². The molecule has 0 saturated carbocycles. The second-order valence-corrected chi connectivity index (χ2v) is 4.16. The fraction of sp³-hybridized carbons (Fsp3) is 0.133. The molecule has 0 aromatic heterocycles. The SMILES string of the molecule is Cc1ccc(OC(F)(F)F)cc1.O=C(O)Nc1ccccc1. The van der Waals surface area contributed by atoms with Crippen LogP contribution < -0.4 is 10.1 Å². The standard InChI is InChI=1S/C8H7F3O.C7H7NO2/c1-6-2-4-7(5-3-6)12-8(9,10)11;9-7(10)8-6-4-2-1-3-5-6/h2-5H,1H3;1-5,8H,(H,9,10). The van der Waals surface area contributed by atoms with E-state index >= 15 is 0 Å². The van der Waals surface area contributed by atoms with Crippen molar-refractivity contribution < 1.29 is 27.8 Å². The molecular weight excluding hydrogens is 299 g/mol. The molecule has 1 amide bonds. The smallest absolute Gasteiger partial charge is 0.465 e. The fourth-order valence-electron chi connectivity index (χ4n) is 1.38. The van der Waals surface area contributed by atoms with Crippen molar-refractivity contribution in [2.24, 2.45) is 0 Å². The summed E-state index contributed by atoms with van der Waals surface area (Å²) in [5.74, 6) is -0.187. The van der Waals surface area contributed by atoms with Crippen molar-refractivity contribution in [1.29, 1.82) is 0 Å². The maximum Gasteiger partial charge on any atom is 0.573 e. The lowest BCUT2D eigenvalue weighted by Crippen LogP contribution is -2.16. The summed E-state index contributed by atoms with van der Waals surface area (Å²) in [6, 6.07) is 14.4. The lowest BCUT2D eigenvalue weighted by Gasteiger charge is -2.08. The monoisotopic (exact) mass is 313 g/mol. The van der Waals surface area contributed by atoms with Crippen LogP contribution in [0, 0.1) is 6.92 Å². The summed E-state index contributed by atoms with van der Waals surface area (Å²) in [7, 11) is 0. The maximum absolute atomic E-state index is 11.6. The average Bonchev–Trinajstić information content (AvgIpc) is 2.41. The van der Waals surface area contributed by atoms with Gasteiger partial charge in [-0.05, 0) is 31.2 Å². The summed E-state index contributed by atoms with van der Waals surface area (Å²) in [6.45, 7) is 1.79. The number of ether oxygens (including phenoxy) is 1. The predicted molar refractivity (Wildman–Crippen MR) is 76.0 cm³/mol. The van der Waals surface area contributed by atoms with Gasteiger partial charge in [0.15, 0.2) is 0 Å². The van der Waals surface area contributed by atoms with Crippen molar-refractivity contribution in [3.63, 3.8) is 0 Å². The second kappa shape index (κ2) is 7.92. The Labute approximate surface area is 125 Å². The molecule has 7 heteroatoms. The molecule has 0 spiro atoms. The minimum absolute atomic E-state index is 0.187. The number of rotatable bonds is 2. The van der Waals surface area contributed by atoms with Crippen molar-refractivity contribution >= 4 is 11.8 Å². The molecule has 0 radical (unpaired) electrons. The zero-order valence-corrected chi connectivity index (χ0v) is 11.6. The molecule has 0 atom stereocenters. The lowest BCUT2D eigenvalue weighted by molar-refractivity contribution is -0.274. The highest BCUT2D eigenvalue weighted by molar-refractivity contribution is 5.82. The van der Waals surface area contributed by atoms with E-state index in [-0.39, 0.29) is 5.75 Å². The Hall–Kier alpha value is -2.70. The van der Waals surface area contributed by atoms with Crippen LogP contribution in [0.5, 0.6) is 5.75 Å². The molecular formula is C15H14F3NO3. The first kappa shape index (κ1) is 17.4. The van der Waals surface area contributed by atoms with Crippen LogP contribution in [0.2, 0.25) is 0 Å². The number of carbonyl (C=O) groups is 1. The fourth-order valence-corrected chi connectivity index (χ4v) is 1.38. The Bertz CT molecular complexity index is 583. The van der Waals surface area contributed by atoms with Crippen LogP contribution in [0.15, 0.2) is 54.6 Å². The van der Waals surface area contributed by atoms with Gasteiger partial charge in [-0.25, -0.2) is 4.79 Å². The summed E-state index contributed by atoms with van der Waals surface area (Å²) < 4.78 is 38.5. The van der Waals surface area contributed by atoms with Gasteiger partial charge in [0, 0.05) is 5.69 Å². The largest absolute Gasteiger partial charge is 0.573 e. The average molecular weight is 313 g/mol. The molecule has 4 nitrogen and oxygen atoms in total. The van der Waals surface area contributed by atoms with E-state index in [4.69, 9.17) is 5.11 Å². The summed E-state index contributed by atoms with van der Waals surface area (Å²) in [5, 5.41) is 10.5. The quantitative estimate of drug-likeness (QED) is 0.847. The third kappa shape index (κ3) is 7.78. The molecule has 118 valence electrons. The molecule has 0 bridgehead atoms. The summed E-state index contributed by atoms with van der Waals surface area (Å²) in [5.41, 5.74) is 1.49. The first-order valence-electron chi connectivity index (χ1n) is 6.13. The Balaban J connectivity index is 0.000000224. The molecule has 0 heterocycles. The van der Waals surface area contributed by atoms with Gasteiger partial charge >= 0.3 is 12.5 Å². The topological polar surface area (TPSA) is 58.6 Å². The number of nitrogens with one attached hydrogen (secondary N) is 1. The number of carboxylic acid groups (broad SMARTS) is 1. The van der Waals surface area contributed by atoms with E-state index in [9.17, 15) is 18.0 Å². The van der Waals surface area contributed by atoms with Gasteiger partial charge < -0.3 is 9.84 Å². The van der Waals surface area contributed by atoms with Gasteiger partial charge in [-0.2, -0.15) is 0 Å². The van der Waals surface area contributed by atoms with Crippen LogP contribution in [0.1, 0.15) is 5.56 Å². The van der Waals surface area contributed by atoms with Crippen LogP contribution in [0.4, 0.5) is 23.7 Å². The van der Waals surface area contributed by atoms with E-state index in [0.29, 0.717) is 5.69 Å². The van der Waals surface area contributed by atoms with Crippen molar-refractivity contribution in [3.8, 4) is 5.75 Å². The highest BCUT2D eigenvalue weighted by atomic mass is 19.4. The van der Waals surface area contributed by atoms with Crippen LogP contribution in [-0.4, -0.2) is 17.6 Å². The molecule has 0 fully saturated rings. The minimum atomic E-state index is -4.60. The first-order chi connectivity index (χ1) is 10.3. The molecule has 0 aliphatic rings. The second-order valence-electron chi connectivity index (χ2n) is 4.16. The van der Waals surface area contributed by atoms with E-state index in [1.165, 1.54) is 12.1 Å². The summed E-state index contributed by atoms with van der Waals surface area (Å²) in [4.78, 5) is 10.1. The number of alkyl halides is 3. The molecule has 0 saturated heterocycles. The minimum Gasteiger partial charge on any atom is -0.465 e. The summed E-state index contributed by atoms with van der Waals surface area (Å²) in [6.07, 6.45) is -5.64.